The third-order valence-electron chi connectivity index (χ3n) is 4.46. The number of hydrogen-bond acceptors (Lipinski definition) is 8. The molecule has 34 heavy (non-hydrogen) atoms. The Morgan fingerprint density at radius 2 is 1.76 bits per heavy atom. The number of H-pyrrole nitrogens is 1. The molecular formula is C21H18Br2N4O7. The first kappa shape index (κ1) is 26.7. The van der Waals surface area contributed by atoms with Gasteiger partial charge in [0, 0.05) is 45.1 Å². The summed E-state index contributed by atoms with van der Waals surface area (Å²) in [4.78, 5) is 46.3. The fourth-order valence-electron chi connectivity index (χ4n) is 2.68. The quantitative estimate of drug-likeness (QED) is 0.172. The summed E-state index contributed by atoms with van der Waals surface area (Å²) in [5.74, 6) is -0.468. The second kappa shape index (κ2) is 11.5. The Labute approximate surface area is 209 Å². The van der Waals surface area contributed by atoms with E-state index < -0.39 is 15.8 Å². The molecule has 2 aromatic carbocycles. The number of benzene rings is 2. The van der Waals surface area contributed by atoms with Gasteiger partial charge in [-0.05, 0) is 57.8 Å². The number of methoxy groups -OCH3 is 1. The highest BCUT2D eigenvalue weighted by molar-refractivity contribution is 9.11. The van der Waals surface area contributed by atoms with E-state index in [0.29, 0.717) is 31.3 Å². The van der Waals surface area contributed by atoms with Crippen molar-refractivity contribution in [3.8, 4) is 0 Å². The molecule has 0 aliphatic carbocycles. The minimum atomic E-state index is -0.552. The molecule has 0 amide bonds. The van der Waals surface area contributed by atoms with Gasteiger partial charge in [0.2, 0.25) is 0 Å². The van der Waals surface area contributed by atoms with Crippen LogP contribution in [0.5, 0.6) is 0 Å². The van der Waals surface area contributed by atoms with Gasteiger partial charge in [0.1, 0.15) is 5.39 Å². The van der Waals surface area contributed by atoms with Gasteiger partial charge in [-0.3, -0.25) is 25.0 Å². The summed E-state index contributed by atoms with van der Waals surface area (Å²) < 4.78 is 5.81. The summed E-state index contributed by atoms with van der Waals surface area (Å²) in [5.41, 5.74) is 1.22. The number of nitro groups is 2. The predicted molar refractivity (Wildman–Crippen MR) is 134 cm³/mol. The molecule has 11 nitrogen and oxygen atoms in total. The van der Waals surface area contributed by atoms with Gasteiger partial charge >= 0.3 is 5.97 Å². The van der Waals surface area contributed by atoms with Crippen molar-refractivity contribution in [2.24, 2.45) is 0 Å². The number of hydrogen-bond donors (Lipinski definition) is 2. The van der Waals surface area contributed by atoms with Crippen molar-refractivity contribution in [2.45, 2.75) is 13.8 Å². The Morgan fingerprint density at radius 3 is 2.35 bits per heavy atom. The molecule has 0 radical (unpaired) electrons. The number of aromatic nitrogens is 1. The highest BCUT2D eigenvalue weighted by Gasteiger charge is 2.17. The zero-order chi connectivity index (χ0) is 25.6. The molecule has 0 aliphatic rings. The number of fused-ring (bicyclic) bond motifs is 1. The van der Waals surface area contributed by atoms with Crippen LogP contribution in [0.15, 0.2) is 62.0 Å². The van der Waals surface area contributed by atoms with Crippen LogP contribution in [-0.4, -0.2) is 27.9 Å². The van der Waals surface area contributed by atoms with Crippen molar-refractivity contribution in [1.82, 2.24) is 4.98 Å². The fourth-order valence-corrected chi connectivity index (χ4v) is 3.48. The number of anilines is 1. The molecule has 0 aliphatic heterocycles. The number of nitro benzene ring substituents is 2. The van der Waals surface area contributed by atoms with Crippen LogP contribution in [0.4, 0.5) is 17.1 Å². The van der Waals surface area contributed by atoms with Crippen molar-refractivity contribution >= 4 is 65.8 Å². The maximum absolute atomic E-state index is 11.9. The molecule has 0 spiro atoms. The number of rotatable bonds is 5. The maximum Gasteiger partial charge on any atom is 0.334 e. The van der Waals surface area contributed by atoms with E-state index in [4.69, 9.17) is 0 Å². The Bertz CT molecular complexity index is 1370. The van der Waals surface area contributed by atoms with Gasteiger partial charge in [0.25, 0.3) is 11.4 Å². The number of pyridine rings is 1. The number of aryl methyl sites for hydroxylation is 1. The van der Waals surface area contributed by atoms with E-state index in [-0.39, 0.29) is 22.2 Å². The predicted octanol–water partition coefficient (Wildman–Crippen LogP) is 5.35. The number of non-ortho nitro benzene ring substituents is 2. The molecule has 2 N–H and O–H groups in total. The van der Waals surface area contributed by atoms with Crippen LogP contribution in [0.25, 0.3) is 10.9 Å². The Balaban J connectivity index is 0.000000241. The molecule has 3 aromatic rings. The SMILES string of the molecule is COC(=O)C(C)=CNc1cc([N+](=O)[O-])ccc1Br.Cc1c[nH]c2c(Br)ccc([N+](=O)[O-])c2c1=O. The van der Waals surface area contributed by atoms with Gasteiger partial charge in [0.05, 0.1) is 33.7 Å². The summed E-state index contributed by atoms with van der Waals surface area (Å²) in [6, 6.07) is 7.17. The monoisotopic (exact) mass is 596 g/mol. The Hall–Kier alpha value is -3.58. The number of carbonyl (C=O) groups excluding carboxylic acids is 1. The molecule has 1 heterocycles. The molecule has 0 atom stereocenters. The zero-order valence-electron chi connectivity index (χ0n) is 18.0. The van der Waals surface area contributed by atoms with Crippen molar-refractivity contribution in [3.05, 3.63) is 93.3 Å². The molecule has 0 unspecified atom stereocenters. The first-order valence-corrected chi connectivity index (χ1v) is 11.0. The van der Waals surface area contributed by atoms with E-state index in [2.05, 4.69) is 46.9 Å². The first-order chi connectivity index (χ1) is 16.0. The van der Waals surface area contributed by atoms with Crippen LogP contribution in [0.2, 0.25) is 0 Å². The van der Waals surface area contributed by atoms with Crippen LogP contribution >= 0.6 is 31.9 Å². The molecule has 3 rings (SSSR count). The van der Waals surface area contributed by atoms with Crippen LogP contribution in [0.1, 0.15) is 12.5 Å². The van der Waals surface area contributed by atoms with E-state index in [0.717, 1.165) is 0 Å². The molecule has 178 valence electrons. The summed E-state index contributed by atoms with van der Waals surface area (Å²) in [6.45, 7) is 3.19. The number of halogens is 2. The van der Waals surface area contributed by atoms with Gasteiger partial charge in [0.15, 0.2) is 5.43 Å². The summed E-state index contributed by atoms with van der Waals surface area (Å²) in [5, 5.41) is 24.4. The van der Waals surface area contributed by atoms with Gasteiger partial charge in [-0.15, -0.1) is 0 Å². The number of esters is 1. The van der Waals surface area contributed by atoms with Gasteiger partial charge in [-0.25, -0.2) is 4.79 Å². The number of ether oxygens (including phenoxy) is 1. The third kappa shape index (κ3) is 6.26. The maximum atomic E-state index is 11.9. The van der Waals surface area contributed by atoms with Gasteiger partial charge in [-0.1, -0.05) is 0 Å². The van der Waals surface area contributed by atoms with Crippen LogP contribution in [-0.2, 0) is 9.53 Å². The summed E-state index contributed by atoms with van der Waals surface area (Å²) in [7, 11) is 1.28. The Kier molecular flexibility index (Phi) is 9.04. The molecule has 0 saturated heterocycles. The van der Waals surface area contributed by atoms with E-state index in [1.807, 2.05) is 0 Å². The van der Waals surface area contributed by atoms with Crippen molar-refractivity contribution in [1.29, 1.82) is 0 Å². The average Bonchev–Trinajstić information content (AvgIpc) is 2.80. The first-order valence-electron chi connectivity index (χ1n) is 9.38. The standard InChI is InChI=1S/C11H11BrN2O4.C10H7BrN2O3/c1-7(11(15)18-2)6-13-10-5-8(14(16)17)3-4-9(10)12;1-5-4-12-9-6(11)2-3-7(13(15)16)8(9)10(5)14/h3-6,13H,1-2H3;2-4H,1H3,(H,12,14). The van der Waals surface area contributed by atoms with Crippen LogP contribution in [0.3, 0.4) is 0 Å². The number of aromatic amines is 1. The van der Waals surface area contributed by atoms with Crippen LogP contribution < -0.4 is 10.7 Å². The third-order valence-corrected chi connectivity index (χ3v) is 5.81. The highest BCUT2D eigenvalue weighted by Crippen LogP contribution is 2.28. The van der Waals surface area contributed by atoms with Gasteiger partial charge < -0.3 is 15.0 Å². The highest BCUT2D eigenvalue weighted by atomic mass is 79.9. The van der Waals surface area contributed by atoms with E-state index >= 15 is 0 Å². The van der Waals surface area contributed by atoms with E-state index in [1.165, 1.54) is 31.5 Å². The number of carbonyl (C=O) groups is 1. The minimum Gasteiger partial charge on any atom is -0.466 e. The van der Waals surface area contributed by atoms with Crippen LogP contribution in [0, 0.1) is 27.2 Å². The summed E-state index contributed by atoms with van der Waals surface area (Å²) in [6.07, 6.45) is 2.97. The molecule has 0 bridgehead atoms. The lowest BCUT2D eigenvalue weighted by molar-refractivity contribution is -0.384. The Morgan fingerprint density at radius 1 is 1.12 bits per heavy atom. The molecular weight excluding hydrogens is 580 g/mol. The normalized spacial score (nSPS) is 10.8. The second-order valence-electron chi connectivity index (χ2n) is 6.76. The molecule has 1 aromatic heterocycles. The second-order valence-corrected chi connectivity index (χ2v) is 8.47. The van der Waals surface area contributed by atoms with Crippen molar-refractivity contribution in [2.75, 3.05) is 12.4 Å². The summed E-state index contributed by atoms with van der Waals surface area (Å²) >= 11 is 6.50. The largest absolute Gasteiger partial charge is 0.466 e. The smallest absolute Gasteiger partial charge is 0.334 e. The van der Waals surface area contributed by atoms with Crippen molar-refractivity contribution < 1.29 is 19.4 Å². The lowest BCUT2D eigenvalue weighted by Gasteiger charge is -2.05. The topological polar surface area (TPSA) is 157 Å². The number of nitrogens with zero attached hydrogens (tertiary/aromatic N) is 2. The van der Waals surface area contributed by atoms with Crippen molar-refractivity contribution in [3.63, 3.8) is 0 Å². The lowest BCUT2D eigenvalue weighted by atomic mass is 10.1. The van der Waals surface area contributed by atoms with Gasteiger partial charge in [-0.2, -0.15) is 0 Å². The average molecular weight is 598 g/mol. The minimum absolute atomic E-state index is 0.0372. The fraction of sp³-hybridized carbons (Fsp3) is 0.143. The molecule has 0 fully saturated rings. The lowest BCUT2D eigenvalue weighted by Crippen LogP contribution is -2.08. The zero-order valence-corrected chi connectivity index (χ0v) is 21.2. The number of nitrogens with one attached hydrogen (secondary N) is 2. The van der Waals surface area contributed by atoms with E-state index in [1.54, 1.807) is 32.2 Å². The van der Waals surface area contributed by atoms with E-state index in [9.17, 15) is 29.8 Å². The molecule has 13 heteroatoms. The molecule has 0 saturated carbocycles.